The molecule has 1 aromatic heterocycles. The van der Waals surface area contributed by atoms with Gasteiger partial charge in [-0.05, 0) is 19.8 Å². The van der Waals surface area contributed by atoms with Crippen LogP contribution in [0.2, 0.25) is 0 Å². The summed E-state index contributed by atoms with van der Waals surface area (Å²) in [4.78, 5) is 8.39. The molecule has 1 aromatic rings. The van der Waals surface area contributed by atoms with Gasteiger partial charge in [0.05, 0.1) is 5.69 Å². The van der Waals surface area contributed by atoms with Gasteiger partial charge in [-0.25, -0.2) is 0 Å². The Balaban J connectivity index is 1.90. The Morgan fingerprint density at radius 1 is 1.33 bits per heavy atom. The van der Waals surface area contributed by atoms with Crippen molar-refractivity contribution in [3.63, 3.8) is 0 Å². The topological polar surface area (TPSA) is 58.0 Å². The van der Waals surface area contributed by atoms with E-state index >= 15 is 0 Å². The number of nitrogens with zero attached hydrogens (tertiary/aromatic N) is 2. The summed E-state index contributed by atoms with van der Waals surface area (Å²) in [6.45, 7) is 3.24. The molecule has 0 spiro atoms. The highest BCUT2D eigenvalue weighted by atomic mass is 16.3. The summed E-state index contributed by atoms with van der Waals surface area (Å²) in [5.41, 5.74) is 1.04. The van der Waals surface area contributed by atoms with E-state index in [1.807, 2.05) is 0 Å². The molecule has 1 saturated carbocycles. The molecule has 18 heavy (non-hydrogen) atoms. The van der Waals surface area contributed by atoms with Crippen molar-refractivity contribution in [2.45, 2.75) is 45.1 Å². The first-order valence-corrected chi connectivity index (χ1v) is 6.86. The van der Waals surface area contributed by atoms with Gasteiger partial charge in [-0.15, -0.1) is 0 Å². The first-order valence-electron chi connectivity index (χ1n) is 6.86. The van der Waals surface area contributed by atoms with Gasteiger partial charge in [0.15, 0.2) is 0 Å². The number of rotatable bonds is 5. The van der Waals surface area contributed by atoms with Crippen molar-refractivity contribution >= 4 is 0 Å². The third-order valence-corrected chi connectivity index (χ3v) is 4.06. The van der Waals surface area contributed by atoms with Crippen LogP contribution in [0.3, 0.4) is 0 Å². The maximum absolute atomic E-state index is 9.66. The largest absolute Gasteiger partial charge is 0.396 e. The van der Waals surface area contributed by atoms with Gasteiger partial charge >= 0.3 is 0 Å². The van der Waals surface area contributed by atoms with E-state index in [4.69, 9.17) is 0 Å². The summed E-state index contributed by atoms with van der Waals surface area (Å²) in [7, 11) is 0. The molecule has 0 aromatic carbocycles. The van der Waals surface area contributed by atoms with Crippen molar-refractivity contribution in [1.29, 1.82) is 0 Å². The molecule has 1 atom stereocenters. The van der Waals surface area contributed by atoms with E-state index in [0.717, 1.165) is 25.1 Å². The number of aliphatic hydroxyl groups is 1. The fraction of sp³-hybridized carbons (Fsp3) is 0.714. The summed E-state index contributed by atoms with van der Waals surface area (Å²) in [5, 5.41) is 13.2. The molecule has 0 aliphatic heterocycles. The average molecular weight is 249 g/mol. The first-order chi connectivity index (χ1) is 8.76. The molecule has 100 valence electrons. The van der Waals surface area contributed by atoms with Crippen LogP contribution in [-0.2, 0) is 0 Å². The molecule has 1 aliphatic carbocycles. The minimum atomic E-state index is 0.0781. The third-order valence-electron chi connectivity index (χ3n) is 4.06. The van der Waals surface area contributed by atoms with Crippen molar-refractivity contribution < 1.29 is 5.11 Å². The van der Waals surface area contributed by atoms with E-state index in [1.165, 1.54) is 19.3 Å². The fourth-order valence-electron chi connectivity index (χ4n) is 2.70. The van der Waals surface area contributed by atoms with Crippen LogP contribution in [-0.4, -0.2) is 28.2 Å². The molecule has 0 saturated heterocycles. The zero-order valence-corrected chi connectivity index (χ0v) is 11.1. The van der Waals surface area contributed by atoms with Crippen LogP contribution < -0.4 is 5.32 Å². The molecule has 4 nitrogen and oxygen atoms in total. The Labute approximate surface area is 109 Å². The molecule has 1 unspecified atom stereocenters. The van der Waals surface area contributed by atoms with Crippen molar-refractivity contribution in [2.75, 3.05) is 13.2 Å². The fourth-order valence-corrected chi connectivity index (χ4v) is 2.70. The second-order valence-electron chi connectivity index (χ2n) is 5.45. The molecule has 0 bridgehead atoms. The van der Waals surface area contributed by atoms with Crippen molar-refractivity contribution in [3.05, 3.63) is 24.3 Å². The normalized spacial score (nSPS) is 20.6. The van der Waals surface area contributed by atoms with Crippen LogP contribution >= 0.6 is 0 Å². The quantitative estimate of drug-likeness (QED) is 0.838. The first kappa shape index (κ1) is 13.4. The molecular formula is C14H23N3O. The van der Waals surface area contributed by atoms with Crippen LogP contribution in [0.5, 0.6) is 0 Å². The van der Waals surface area contributed by atoms with Gasteiger partial charge in [-0.3, -0.25) is 9.97 Å². The second-order valence-corrected chi connectivity index (χ2v) is 5.45. The number of aliphatic hydroxyl groups excluding tert-OH is 1. The van der Waals surface area contributed by atoms with Crippen LogP contribution in [0.15, 0.2) is 18.6 Å². The Bertz CT molecular complexity index is 349. The van der Waals surface area contributed by atoms with Gasteiger partial charge in [0.25, 0.3) is 0 Å². The average Bonchev–Trinajstić information content (AvgIpc) is 2.47. The molecule has 0 radical (unpaired) electrons. The molecule has 1 heterocycles. The molecule has 4 heteroatoms. The van der Waals surface area contributed by atoms with Crippen molar-refractivity contribution in [2.24, 2.45) is 5.41 Å². The third kappa shape index (κ3) is 3.27. The summed E-state index contributed by atoms with van der Waals surface area (Å²) in [6, 6.07) is 0.184. The predicted octanol–water partition coefficient (Wildman–Crippen LogP) is 2.07. The maximum atomic E-state index is 9.66. The minimum Gasteiger partial charge on any atom is -0.396 e. The monoisotopic (exact) mass is 249 g/mol. The highest BCUT2D eigenvalue weighted by Gasteiger charge is 2.31. The number of hydrogen-bond donors (Lipinski definition) is 2. The molecule has 1 fully saturated rings. The van der Waals surface area contributed by atoms with Crippen LogP contribution in [0, 0.1) is 5.41 Å². The number of hydrogen-bond acceptors (Lipinski definition) is 4. The summed E-state index contributed by atoms with van der Waals surface area (Å²) in [5.74, 6) is 0. The Morgan fingerprint density at radius 3 is 2.72 bits per heavy atom. The predicted molar refractivity (Wildman–Crippen MR) is 71.1 cm³/mol. The van der Waals surface area contributed by atoms with Gasteiger partial charge in [0.2, 0.25) is 0 Å². The maximum Gasteiger partial charge on any atom is 0.0753 e. The summed E-state index contributed by atoms with van der Waals surface area (Å²) >= 11 is 0. The van der Waals surface area contributed by atoms with Crippen LogP contribution in [0.4, 0.5) is 0 Å². The number of nitrogens with one attached hydrogen (secondary N) is 1. The molecule has 2 rings (SSSR count). The van der Waals surface area contributed by atoms with Gasteiger partial charge in [-0.1, -0.05) is 19.3 Å². The van der Waals surface area contributed by atoms with E-state index in [9.17, 15) is 5.11 Å². The lowest BCUT2D eigenvalue weighted by molar-refractivity contribution is 0.0787. The van der Waals surface area contributed by atoms with E-state index < -0.39 is 0 Å². The van der Waals surface area contributed by atoms with E-state index in [-0.39, 0.29) is 18.1 Å². The molecule has 2 N–H and O–H groups in total. The van der Waals surface area contributed by atoms with E-state index in [0.29, 0.717) is 0 Å². The Morgan fingerprint density at radius 2 is 2.11 bits per heavy atom. The van der Waals surface area contributed by atoms with Crippen LogP contribution in [0.25, 0.3) is 0 Å². The molecule has 0 amide bonds. The minimum absolute atomic E-state index is 0.0781. The zero-order chi connectivity index (χ0) is 12.8. The van der Waals surface area contributed by atoms with E-state index in [1.54, 1.807) is 18.6 Å². The van der Waals surface area contributed by atoms with Gasteiger partial charge < -0.3 is 10.4 Å². The number of aromatic nitrogens is 2. The SMILES string of the molecule is CC(NCC1(CO)CCCCC1)c1cnccn1. The summed E-state index contributed by atoms with van der Waals surface area (Å²) < 4.78 is 0. The lowest BCUT2D eigenvalue weighted by Gasteiger charge is -2.36. The summed E-state index contributed by atoms with van der Waals surface area (Å²) in [6.07, 6.45) is 11.2. The lowest BCUT2D eigenvalue weighted by Crippen LogP contribution is -2.40. The molecule has 1 aliphatic rings. The smallest absolute Gasteiger partial charge is 0.0753 e. The zero-order valence-electron chi connectivity index (χ0n) is 11.1. The molecular weight excluding hydrogens is 226 g/mol. The second kappa shape index (κ2) is 6.25. The van der Waals surface area contributed by atoms with Gasteiger partial charge in [-0.2, -0.15) is 0 Å². The van der Waals surface area contributed by atoms with Gasteiger partial charge in [0, 0.05) is 43.2 Å². The standard InChI is InChI=1S/C14H23N3O/c1-12(13-9-15-7-8-16-13)17-10-14(11-18)5-3-2-4-6-14/h7-9,12,17-18H,2-6,10-11H2,1H3. The van der Waals surface area contributed by atoms with Crippen LogP contribution in [0.1, 0.15) is 50.8 Å². The van der Waals surface area contributed by atoms with Gasteiger partial charge in [0.1, 0.15) is 0 Å². The van der Waals surface area contributed by atoms with Crippen molar-refractivity contribution in [3.8, 4) is 0 Å². The highest BCUT2D eigenvalue weighted by Crippen LogP contribution is 2.35. The Kier molecular flexibility index (Phi) is 4.66. The highest BCUT2D eigenvalue weighted by molar-refractivity contribution is 5.01. The Hall–Kier alpha value is -1.00. The van der Waals surface area contributed by atoms with Crippen molar-refractivity contribution in [1.82, 2.24) is 15.3 Å². The lowest BCUT2D eigenvalue weighted by atomic mass is 9.74. The van der Waals surface area contributed by atoms with E-state index in [2.05, 4.69) is 22.2 Å².